The van der Waals surface area contributed by atoms with E-state index >= 15 is 0 Å². The Morgan fingerprint density at radius 3 is 3.00 bits per heavy atom. The van der Waals surface area contributed by atoms with E-state index in [0.717, 1.165) is 30.4 Å². The Kier molecular flexibility index (Phi) is 2.53. The number of unbranched alkanes of at least 4 members (excludes halogenated alkanes) is 1. The maximum atomic E-state index is 8.00. The summed E-state index contributed by atoms with van der Waals surface area (Å²) >= 11 is 0. The highest BCUT2D eigenvalue weighted by Crippen LogP contribution is 2.03. The van der Waals surface area contributed by atoms with Gasteiger partial charge in [0, 0.05) is 13.6 Å². The van der Waals surface area contributed by atoms with Crippen molar-refractivity contribution in [1.82, 2.24) is 19.3 Å². The van der Waals surface area contributed by atoms with Gasteiger partial charge < -0.3 is 4.57 Å². The second-order valence-corrected chi connectivity index (χ2v) is 3.65. The summed E-state index contributed by atoms with van der Waals surface area (Å²) in [6.45, 7) is 2.99. The van der Waals surface area contributed by atoms with Crippen LogP contribution < -0.4 is 5.49 Å². The van der Waals surface area contributed by atoms with Gasteiger partial charge in [0.05, 0.1) is 17.9 Å². The van der Waals surface area contributed by atoms with E-state index in [1.54, 1.807) is 17.2 Å². The van der Waals surface area contributed by atoms with Crippen molar-refractivity contribution >= 4 is 11.0 Å². The summed E-state index contributed by atoms with van der Waals surface area (Å²) in [4.78, 5) is 4.30. The Hall–Kier alpha value is -1.65. The predicted octanol–water partition coefficient (Wildman–Crippen LogP) is 1.05. The highest BCUT2D eigenvalue weighted by atomic mass is 15.3. The maximum absolute atomic E-state index is 8.00. The van der Waals surface area contributed by atoms with Crippen molar-refractivity contribution in [3.05, 3.63) is 18.0 Å². The number of nitrogens with zero attached hydrogens (tertiary/aromatic N) is 4. The van der Waals surface area contributed by atoms with Crippen molar-refractivity contribution in [2.75, 3.05) is 0 Å². The van der Waals surface area contributed by atoms with Crippen LogP contribution in [0.1, 0.15) is 19.8 Å². The summed E-state index contributed by atoms with van der Waals surface area (Å²) < 4.78 is 3.56. The molecule has 5 heteroatoms. The standard InChI is InChI=1S/C10H15N5/c1-3-4-5-15-7-12-10-8(9(15)11)6-13-14(10)2/h6-7,11H,3-5H2,1-2H3. The molecule has 0 bridgehead atoms. The van der Waals surface area contributed by atoms with Crippen LogP contribution in [0.4, 0.5) is 0 Å². The molecule has 2 aromatic heterocycles. The van der Waals surface area contributed by atoms with Crippen LogP contribution in [0.15, 0.2) is 12.5 Å². The largest absolute Gasteiger partial charge is 0.317 e. The number of hydrogen-bond acceptors (Lipinski definition) is 3. The predicted molar refractivity (Wildman–Crippen MR) is 57.3 cm³/mol. The quantitative estimate of drug-likeness (QED) is 0.814. The average molecular weight is 205 g/mol. The van der Waals surface area contributed by atoms with Gasteiger partial charge in [-0.05, 0) is 6.42 Å². The topological polar surface area (TPSA) is 59.5 Å². The van der Waals surface area contributed by atoms with E-state index in [1.165, 1.54) is 0 Å². The SMILES string of the molecule is CCCCn1cnc2c(cnn2C)c1=N. The van der Waals surface area contributed by atoms with Crippen LogP contribution in [0.3, 0.4) is 0 Å². The molecule has 0 saturated carbocycles. The zero-order chi connectivity index (χ0) is 10.8. The first-order chi connectivity index (χ1) is 7.24. The van der Waals surface area contributed by atoms with E-state index in [1.807, 2.05) is 11.6 Å². The third-order valence-corrected chi connectivity index (χ3v) is 2.52. The molecule has 0 saturated heterocycles. The summed E-state index contributed by atoms with van der Waals surface area (Å²) in [5, 5.41) is 12.9. The molecule has 0 unspecified atom stereocenters. The molecule has 5 nitrogen and oxygen atoms in total. The Morgan fingerprint density at radius 2 is 2.27 bits per heavy atom. The molecule has 0 aliphatic rings. The molecule has 2 aromatic rings. The molecule has 0 aliphatic carbocycles. The molecule has 0 amide bonds. The molecule has 80 valence electrons. The number of aryl methyl sites for hydroxylation is 2. The second-order valence-electron chi connectivity index (χ2n) is 3.65. The lowest BCUT2D eigenvalue weighted by Gasteiger charge is -2.05. The first-order valence-electron chi connectivity index (χ1n) is 5.15. The fourth-order valence-electron chi connectivity index (χ4n) is 1.59. The minimum atomic E-state index is 0.501. The van der Waals surface area contributed by atoms with Crippen molar-refractivity contribution in [3.8, 4) is 0 Å². The van der Waals surface area contributed by atoms with E-state index < -0.39 is 0 Å². The van der Waals surface area contributed by atoms with Crippen LogP contribution in [0.25, 0.3) is 11.0 Å². The number of nitrogens with one attached hydrogen (secondary N) is 1. The van der Waals surface area contributed by atoms with E-state index in [-0.39, 0.29) is 0 Å². The molecule has 1 N–H and O–H groups in total. The smallest absolute Gasteiger partial charge is 0.162 e. The first-order valence-corrected chi connectivity index (χ1v) is 5.15. The van der Waals surface area contributed by atoms with Gasteiger partial charge in [0.25, 0.3) is 0 Å². The maximum Gasteiger partial charge on any atom is 0.162 e. The molecule has 15 heavy (non-hydrogen) atoms. The summed E-state index contributed by atoms with van der Waals surface area (Å²) in [6, 6.07) is 0. The van der Waals surface area contributed by atoms with Crippen LogP contribution in [0, 0.1) is 5.41 Å². The van der Waals surface area contributed by atoms with Crippen LogP contribution in [-0.4, -0.2) is 19.3 Å². The number of rotatable bonds is 3. The zero-order valence-electron chi connectivity index (χ0n) is 9.06. The van der Waals surface area contributed by atoms with Crippen LogP contribution in [0.5, 0.6) is 0 Å². The van der Waals surface area contributed by atoms with Gasteiger partial charge in [0.15, 0.2) is 5.65 Å². The Balaban J connectivity index is 2.51. The molecule has 0 atom stereocenters. The minimum Gasteiger partial charge on any atom is -0.317 e. The average Bonchev–Trinajstić information content (AvgIpc) is 2.61. The van der Waals surface area contributed by atoms with E-state index in [4.69, 9.17) is 5.41 Å². The van der Waals surface area contributed by atoms with Crippen molar-refractivity contribution in [3.63, 3.8) is 0 Å². The van der Waals surface area contributed by atoms with Crippen LogP contribution >= 0.6 is 0 Å². The van der Waals surface area contributed by atoms with Gasteiger partial charge in [0.2, 0.25) is 0 Å². The molecule has 0 aromatic carbocycles. The molecule has 0 radical (unpaired) electrons. The minimum absolute atomic E-state index is 0.501. The zero-order valence-corrected chi connectivity index (χ0v) is 9.06. The summed E-state index contributed by atoms with van der Waals surface area (Å²) in [5.74, 6) is 0. The Bertz CT molecular complexity index is 522. The second kappa shape index (κ2) is 3.84. The van der Waals surface area contributed by atoms with E-state index in [9.17, 15) is 0 Å². The highest BCUT2D eigenvalue weighted by molar-refractivity contribution is 5.72. The van der Waals surface area contributed by atoms with Gasteiger partial charge in [-0.3, -0.25) is 10.1 Å². The highest BCUT2D eigenvalue weighted by Gasteiger charge is 2.04. The molecular weight excluding hydrogens is 190 g/mol. The number of aromatic nitrogens is 4. The monoisotopic (exact) mass is 205 g/mol. The molecule has 2 rings (SSSR count). The van der Waals surface area contributed by atoms with Crippen molar-refractivity contribution in [2.45, 2.75) is 26.3 Å². The number of hydrogen-bond donors (Lipinski definition) is 1. The summed E-state index contributed by atoms with van der Waals surface area (Å²) in [5.41, 5.74) is 1.27. The van der Waals surface area contributed by atoms with Gasteiger partial charge >= 0.3 is 0 Å². The Morgan fingerprint density at radius 1 is 1.47 bits per heavy atom. The van der Waals surface area contributed by atoms with Gasteiger partial charge in [-0.1, -0.05) is 13.3 Å². The Labute approximate surface area is 87.9 Å². The van der Waals surface area contributed by atoms with E-state index in [0.29, 0.717) is 5.49 Å². The fraction of sp³-hybridized carbons (Fsp3) is 0.500. The fourth-order valence-corrected chi connectivity index (χ4v) is 1.59. The lowest BCUT2D eigenvalue weighted by atomic mass is 10.3. The molecule has 0 spiro atoms. The molecule has 0 aliphatic heterocycles. The molecule has 0 fully saturated rings. The number of fused-ring (bicyclic) bond motifs is 1. The van der Waals surface area contributed by atoms with E-state index in [2.05, 4.69) is 17.0 Å². The van der Waals surface area contributed by atoms with Crippen molar-refractivity contribution in [2.24, 2.45) is 7.05 Å². The molecule has 2 heterocycles. The molecular formula is C10H15N5. The normalized spacial score (nSPS) is 11.1. The van der Waals surface area contributed by atoms with Crippen molar-refractivity contribution < 1.29 is 0 Å². The van der Waals surface area contributed by atoms with Crippen molar-refractivity contribution in [1.29, 1.82) is 5.41 Å². The van der Waals surface area contributed by atoms with Gasteiger partial charge in [-0.15, -0.1) is 0 Å². The third kappa shape index (κ3) is 1.65. The third-order valence-electron chi connectivity index (χ3n) is 2.52. The summed E-state index contributed by atoms with van der Waals surface area (Å²) in [6.07, 6.45) is 5.62. The lowest BCUT2D eigenvalue weighted by molar-refractivity contribution is 0.596. The van der Waals surface area contributed by atoms with Gasteiger partial charge in [0.1, 0.15) is 5.49 Å². The van der Waals surface area contributed by atoms with Gasteiger partial charge in [-0.2, -0.15) is 5.10 Å². The van der Waals surface area contributed by atoms with Gasteiger partial charge in [-0.25, -0.2) is 4.98 Å². The summed E-state index contributed by atoms with van der Waals surface area (Å²) in [7, 11) is 1.84. The van der Waals surface area contributed by atoms with Crippen LogP contribution in [0.2, 0.25) is 0 Å². The first kappa shape index (κ1) is 9.89. The lowest BCUT2D eigenvalue weighted by Crippen LogP contribution is -2.20. The van der Waals surface area contributed by atoms with Crippen LogP contribution in [-0.2, 0) is 13.6 Å².